The number of amides is 3. The highest BCUT2D eigenvalue weighted by Gasteiger charge is 2.54. The Labute approximate surface area is 212 Å². The topological polar surface area (TPSA) is 88.2 Å². The fourth-order valence-electron chi connectivity index (χ4n) is 4.85. The molecule has 36 heavy (non-hydrogen) atoms. The second-order valence-electron chi connectivity index (χ2n) is 9.86. The molecule has 8 heteroatoms. The SMILES string of the molecule is COc1ccc(C(=O)N2[C@H](C(=O)NCC(C)C)COC23CCN(C(=O)Cc2ccccc2)CC3)cc1. The van der Waals surface area contributed by atoms with E-state index in [1.54, 1.807) is 36.3 Å². The third-order valence-electron chi connectivity index (χ3n) is 6.90. The van der Waals surface area contributed by atoms with Crippen LogP contribution < -0.4 is 10.1 Å². The summed E-state index contributed by atoms with van der Waals surface area (Å²) in [7, 11) is 1.57. The van der Waals surface area contributed by atoms with Gasteiger partial charge in [-0.25, -0.2) is 0 Å². The first-order valence-corrected chi connectivity index (χ1v) is 12.5. The monoisotopic (exact) mass is 493 g/mol. The number of likely N-dealkylation sites (tertiary alicyclic amines) is 1. The summed E-state index contributed by atoms with van der Waals surface area (Å²) in [5.74, 6) is 0.507. The van der Waals surface area contributed by atoms with Crippen LogP contribution in [0.1, 0.15) is 42.6 Å². The quantitative estimate of drug-likeness (QED) is 0.641. The molecule has 2 saturated heterocycles. The Kier molecular flexibility index (Phi) is 7.94. The standard InChI is InChI=1S/C28H35N3O5/c1-20(2)18-29-26(33)24-19-36-28(31(24)27(34)22-9-11-23(35-3)12-10-22)13-15-30(16-14-28)25(32)17-21-7-5-4-6-8-21/h4-12,20,24H,13-19H2,1-3H3,(H,29,33)/t24-/m0/s1. The molecule has 2 aliphatic heterocycles. The van der Waals surface area contributed by atoms with Crippen molar-refractivity contribution in [3.05, 3.63) is 65.7 Å². The second-order valence-corrected chi connectivity index (χ2v) is 9.86. The van der Waals surface area contributed by atoms with E-state index in [0.29, 0.717) is 50.2 Å². The summed E-state index contributed by atoms with van der Waals surface area (Å²) in [6, 6.07) is 15.8. The lowest BCUT2D eigenvalue weighted by Crippen LogP contribution is -2.60. The molecule has 2 heterocycles. The Morgan fingerprint density at radius 2 is 1.72 bits per heavy atom. The zero-order valence-corrected chi connectivity index (χ0v) is 21.2. The fourth-order valence-corrected chi connectivity index (χ4v) is 4.85. The first-order valence-electron chi connectivity index (χ1n) is 12.5. The van der Waals surface area contributed by atoms with Crippen LogP contribution in [0.4, 0.5) is 0 Å². The van der Waals surface area contributed by atoms with E-state index in [9.17, 15) is 14.4 Å². The molecule has 2 aromatic rings. The molecule has 2 aliphatic rings. The molecular weight excluding hydrogens is 458 g/mol. The summed E-state index contributed by atoms with van der Waals surface area (Å²) in [5, 5.41) is 2.96. The molecule has 8 nitrogen and oxygen atoms in total. The van der Waals surface area contributed by atoms with E-state index in [2.05, 4.69) is 5.32 Å². The Morgan fingerprint density at radius 3 is 2.33 bits per heavy atom. The summed E-state index contributed by atoms with van der Waals surface area (Å²) in [6.45, 7) is 5.61. The molecule has 1 spiro atoms. The molecule has 3 amide bonds. The minimum absolute atomic E-state index is 0.0494. The number of nitrogens with zero attached hydrogens (tertiary/aromatic N) is 2. The van der Waals surface area contributed by atoms with Crippen LogP contribution in [0.25, 0.3) is 0 Å². The highest BCUT2D eigenvalue weighted by atomic mass is 16.5. The van der Waals surface area contributed by atoms with Gasteiger partial charge in [-0.2, -0.15) is 0 Å². The molecule has 0 unspecified atom stereocenters. The van der Waals surface area contributed by atoms with Crippen LogP contribution in [0.15, 0.2) is 54.6 Å². The van der Waals surface area contributed by atoms with E-state index >= 15 is 0 Å². The van der Waals surface area contributed by atoms with E-state index in [0.717, 1.165) is 5.56 Å². The molecule has 192 valence electrons. The van der Waals surface area contributed by atoms with Gasteiger partial charge < -0.3 is 19.7 Å². The van der Waals surface area contributed by atoms with E-state index in [-0.39, 0.29) is 30.2 Å². The van der Waals surface area contributed by atoms with Gasteiger partial charge in [-0.1, -0.05) is 44.2 Å². The molecule has 2 fully saturated rings. The number of hydrogen-bond donors (Lipinski definition) is 1. The maximum absolute atomic E-state index is 13.8. The molecule has 2 aromatic carbocycles. The van der Waals surface area contributed by atoms with Crippen LogP contribution in [-0.2, 0) is 20.7 Å². The maximum atomic E-state index is 13.8. The van der Waals surface area contributed by atoms with Crippen molar-refractivity contribution in [1.29, 1.82) is 0 Å². The molecule has 1 N–H and O–H groups in total. The van der Waals surface area contributed by atoms with Crippen molar-refractivity contribution in [2.75, 3.05) is 33.4 Å². The molecule has 0 aromatic heterocycles. The average molecular weight is 494 g/mol. The molecule has 0 radical (unpaired) electrons. The van der Waals surface area contributed by atoms with Crippen LogP contribution in [0.5, 0.6) is 5.75 Å². The largest absolute Gasteiger partial charge is 0.497 e. The van der Waals surface area contributed by atoms with Crippen LogP contribution in [0.3, 0.4) is 0 Å². The summed E-state index contributed by atoms with van der Waals surface area (Å²) in [4.78, 5) is 43.3. The molecule has 4 rings (SSSR count). The van der Waals surface area contributed by atoms with Crippen LogP contribution in [0.2, 0.25) is 0 Å². The summed E-state index contributed by atoms with van der Waals surface area (Å²) >= 11 is 0. The van der Waals surface area contributed by atoms with Gasteiger partial charge in [-0.15, -0.1) is 0 Å². The third-order valence-corrected chi connectivity index (χ3v) is 6.90. The number of ether oxygens (including phenoxy) is 2. The van der Waals surface area contributed by atoms with Crippen LogP contribution in [-0.4, -0.2) is 72.6 Å². The van der Waals surface area contributed by atoms with Gasteiger partial charge in [0, 0.05) is 38.0 Å². The van der Waals surface area contributed by atoms with Crippen molar-refractivity contribution >= 4 is 17.7 Å². The predicted octanol–water partition coefficient (Wildman–Crippen LogP) is 2.87. The van der Waals surface area contributed by atoms with Crippen LogP contribution >= 0.6 is 0 Å². The Balaban J connectivity index is 1.52. The normalized spacial score (nSPS) is 18.9. The Morgan fingerprint density at radius 1 is 1.06 bits per heavy atom. The first kappa shape index (κ1) is 25.7. The zero-order chi connectivity index (χ0) is 25.7. The number of carbonyl (C=O) groups is 3. The number of hydrogen-bond acceptors (Lipinski definition) is 5. The van der Waals surface area contributed by atoms with Crippen molar-refractivity contribution in [3.63, 3.8) is 0 Å². The van der Waals surface area contributed by atoms with Crippen molar-refractivity contribution in [1.82, 2.24) is 15.1 Å². The summed E-state index contributed by atoms with van der Waals surface area (Å²) in [6.07, 6.45) is 1.23. The Bertz CT molecular complexity index is 1060. The van der Waals surface area contributed by atoms with E-state index < -0.39 is 11.8 Å². The lowest BCUT2D eigenvalue weighted by molar-refractivity contribution is -0.143. The Hall–Kier alpha value is -3.39. The molecular formula is C28H35N3O5. The van der Waals surface area contributed by atoms with Crippen molar-refractivity contribution in [3.8, 4) is 5.75 Å². The first-order chi connectivity index (χ1) is 17.3. The van der Waals surface area contributed by atoms with Crippen molar-refractivity contribution in [2.45, 2.75) is 44.9 Å². The summed E-state index contributed by atoms with van der Waals surface area (Å²) < 4.78 is 11.5. The van der Waals surface area contributed by atoms with E-state index in [4.69, 9.17) is 9.47 Å². The molecule has 0 aliphatic carbocycles. The molecule has 1 atom stereocenters. The lowest BCUT2D eigenvalue weighted by Gasteiger charge is -2.44. The van der Waals surface area contributed by atoms with Crippen LogP contribution in [0, 0.1) is 5.92 Å². The van der Waals surface area contributed by atoms with Gasteiger partial charge >= 0.3 is 0 Å². The number of carbonyl (C=O) groups excluding carboxylic acids is 3. The molecule has 0 saturated carbocycles. The van der Waals surface area contributed by atoms with Gasteiger partial charge in [-0.3, -0.25) is 19.3 Å². The van der Waals surface area contributed by atoms with Crippen molar-refractivity contribution < 1.29 is 23.9 Å². The third kappa shape index (κ3) is 5.54. The fraction of sp³-hybridized carbons (Fsp3) is 0.464. The molecule has 0 bridgehead atoms. The smallest absolute Gasteiger partial charge is 0.256 e. The lowest BCUT2D eigenvalue weighted by atomic mass is 9.96. The predicted molar refractivity (Wildman–Crippen MR) is 135 cm³/mol. The van der Waals surface area contributed by atoms with Gasteiger partial charge in [0.1, 0.15) is 17.5 Å². The number of nitrogens with one attached hydrogen (secondary N) is 1. The number of benzene rings is 2. The zero-order valence-electron chi connectivity index (χ0n) is 21.2. The number of rotatable bonds is 7. The summed E-state index contributed by atoms with van der Waals surface area (Å²) in [5.41, 5.74) is 0.503. The second kappa shape index (κ2) is 11.1. The van der Waals surface area contributed by atoms with Gasteiger partial charge in [-0.05, 0) is 35.7 Å². The number of methoxy groups -OCH3 is 1. The van der Waals surface area contributed by atoms with E-state index in [1.807, 2.05) is 49.1 Å². The van der Waals surface area contributed by atoms with Crippen molar-refractivity contribution in [2.24, 2.45) is 5.92 Å². The van der Waals surface area contributed by atoms with Gasteiger partial charge in [0.15, 0.2) is 0 Å². The van der Waals surface area contributed by atoms with Gasteiger partial charge in [0.2, 0.25) is 11.8 Å². The average Bonchev–Trinajstić information content (AvgIpc) is 3.26. The number of piperidine rings is 1. The minimum Gasteiger partial charge on any atom is -0.497 e. The highest BCUT2D eigenvalue weighted by Crippen LogP contribution is 2.38. The maximum Gasteiger partial charge on any atom is 0.256 e. The highest BCUT2D eigenvalue weighted by molar-refractivity contribution is 5.98. The van der Waals surface area contributed by atoms with Gasteiger partial charge in [0.25, 0.3) is 5.91 Å². The van der Waals surface area contributed by atoms with Gasteiger partial charge in [0.05, 0.1) is 20.1 Å². The minimum atomic E-state index is -0.930. The van der Waals surface area contributed by atoms with E-state index in [1.165, 1.54) is 0 Å².